The number of nitrogens with zero attached hydrogens (tertiary/aromatic N) is 3. The Kier molecular flexibility index (Phi) is 4.77. The van der Waals surface area contributed by atoms with Gasteiger partial charge in [0, 0.05) is 37.9 Å². The first-order valence-corrected chi connectivity index (χ1v) is 7.24. The standard InChI is InChI=1S/C15H26N4/c1-5-14-11-19(9-8-18(14)4)15-10-13(6-7-17-15)12(2)16-3/h6-7,10,12,14,16H,5,8-9,11H2,1-4H3. The first kappa shape index (κ1) is 14.3. The van der Waals surface area contributed by atoms with Crippen molar-refractivity contribution in [2.24, 2.45) is 0 Å². The summed E-state index contributed by atoms with van der Waals surface area (Å²) in [6, 6.07) is 5.33. The van der Waals surface area contributed by atoms with Crippen LogP contribution in [0.2, 0.25) is 0 Å². The lowest BCUT2D eigenvalue weighted by Gasteiger charge is -2.39. The largest absolute Gasteiger partial charge is 0.354 e. The van der Waals surface area contributed by atoms with E-state index in [9.17, 15) is 0 Å². The molecule has 2 atom stereocenters. The summed E-state index contributed by atoms with van der Waals surface area (Å²) in [7, 11) is 4.21. The minimum Gasteiger partial charge on any atom is -0.354 e. The molecule has 1 aromatic heterocycles. The number of hydrogen-bond acceptors (Lipinski definition) is 4. The monoisotopic (exact) mass is 262 g/mol. The van der Waals surface area contributed by atoms with Gasteiger partial charge < -0.3 is 10.2 Å². The average Bonchev–Trinajstić information content (AvgIpc) is 2.47. The fourth-order valence-corrected chi connectivity index (χ4v) is 2.64. The zero-order chi connectivity index (χ0) is 13.8. The van der Waals surface area contributed by atoms with Crippen LogP contribution >= 0.6 is 0 Å². The van der Waals surface area contributed by atoms with Crippen LogP contribution in [0.1, 0.15) is 31.9 Å². The Bertz CT molecular complexity index is 407. The summed E-state index contributed by atoms with van der Waals surface area (Å²) >= 11 is 0. The van der Waals surface area contributed by atoms with Crippen molar-refractivity contribution in [3.63, 3.8) is 0 Å². The summed E-state index contributed by atoms with van der Waals surface area (Å²) in [4.78, 5) is 9.42. The lowest BCUT2D eigenvalue weighted by atomic mass is 10.1. The molecule has 2 rings (SSSR count). The van der Waals surface area contributed by atoms with Crippen molar-refractivity contribution in [3.05, 3.63) is 23.9 Å². The third kappa shape index (κ3) is 3.25. The molecule has 1 saturated heterocycles. The van der Waals surface area contributed by atoms with Gasteiger partial charge in [-0.25, -0.2) is 4.98 Å². The molecule has 0 aliphatic carbocycles. The van der Waals surface area contributed by atoms with Crippen LogP contribution in [0, 0.1) is 0 Å². The lowest BCUT2D eigenvalue weighted by Crippen LogP contribution is -2.51. The number of rotatable bonds is 4. The van der Waals surface area contributed by atoms with Gasteiger partial charge in [-0.05, 0) is 45.1 Å². The van der Waals surface area contributed by atoms with Gasteiger partial charge in [0.1, 0.15) is 5.82 Å². The highest BCUT2D eigenvalue weighted by Gasteiger charge is 2.23. The molecule has 2 unspecified atom stereocenters. The first-order valence-electron chi connectivity index (χ1n) is 7.24. The Hall–Kier alpha value is -1.13. The van der Waals surface area contributed by atoms with Gasteiger partial charge in [-0.2, -0.15) is 0 Å². The van der Waals surface area contributed by atoms with Crippen molar-refractivity contribution in [1.29, 1.82) is 0 Å². The van der Waals surface area contributed by atoms with Crippen molar-refractivity contribution in [2.75, 3.05) is 38.6 Å². The molecule has 2 heterocycles. The average molecular weight is 262 g/mol. The van der Waals surface area contributed by atoms with Crippen LogP contribution in [-0.2, 0) is 0 Å². The van der Waals surface area contributed by atoms with Gasteiger partial charge in [0.05, 0.1) is 0 Å². The molecule has 1 N–H and O–H groups in total. The summed E-state index contributed by atoms with van der Waals surface area (Å²) in [5, 5.41) is 3.28. The summed E-state index contributed by atoms with van der Waals surface area (Å²) in [6.07, 6.45) is 3.12. The molecule has 4 nitrogen and oxygen atoms in total. The second kappa shape index (κ2) is 6.35. The van der Waals surface area contributed by atoms with Crippen LogP contribution in [0.25, 0.3) is 0 Å². The Morgan fingerprint density at radius 3 is 2.95 bits per heavy atom. The molecule has 1 aliphatic heterocycles. The summed E-state index contributed by atoms with van der Waals surface area (Å²) < 4.78 is 0. The minimum absolute atomic E-state index is 0.371. The molecule has 1 fully saturated rings. The van der Waals surface area contributed by atoms with Crippen LogP contribution in [0.5, 0.6) is 0 Å². The second-order valence-electron chi connectivity index (χ2n) is 5.45. The lowest BCUT2D eigenvalue weighted by molar-refractivity contribution is 0.213. The second-order valence-corrected chi connectivity index (χ2v) is 5.45. The van der Waals surface area contributed by atoms with E-state index in [1.807, 2.05) is 13.2 Å². The van der Waals surface area contributed by atoms with Gasteiger partial charge in [-0.1, -0.05) is 6.92 Å². The van der Waals surface area contributed by atoms with Gasteiger partial charge >= 0.3 is 0 Å². The van der Waals surface area contributed by atoms with Crippen LogP contribution in [0.3, 0.4) is 0 Å². The summed E-state index contributed by atoms with van der Waals surface area (Å²) in [6.45, 7) is 7.70. The zero-order valence-corrected chi connectivity index (χ0v) is 12.6. The topological polar surface area (TPSA) is 31.4 Å². The van der Waals surface area contributed by atoms with Gasteiger partial charge in [-0.3, -0.25) is 4.90 Å². The van der Waals surface area contributed by atoms with Crippen molar-refractivity contribution in [1.82, 2.24) is 15.2 Å². The van der Waals surface area contributed by atoms with Gasteiger partial charge in [-0.15, -0.1) is 0 Å². The third-order valence-electron chi connectivity index (χ3n) is 4.27. The van der Waals surface area contributed by atoms with E-state index in [0.29, 0.717) is 12.1 Å². The molecule has 1 aromatic rings. The Balaban J connectivity index is 2.13. The van der Waals surface area contributed by atoms with Crippen molar-refractivity contribution < 1.29 is 0 Å². The first-order chi connectivity index (χ1) is 9.15. The van der Waals surface area contributed by atoms with Crippen molar-refractivity contribution in [3.8, 4) is 0 Å². The van der Waals surface area contributed by atoms with Crippen LogP contribution < -0.4 is 10.2 Å². The molecule has 0 aromatic carbocycles. The molecule has 19 heavy (non-hydrogen) atoms. The molecular formula is C15H26N4. The smallest absolute Gasteiger partial charge is 0.128 e. The Morgan fingerprint density at radius 1 is 1.47 bits per heavy atom. The van der Waals surface area contributed by atoms with Crippen LogP contribution in [0.4, 0.5) is 5.82 Å². The van der Waals surface area contributed by atoms with Gasteiger partial charge in [0.2, 0.25) is 0 Å². The molecule has 0 bridgehead atoms. The molecule has 0 radical (unpaired) electrons. The van der Waals surface area contributed by atoms with Crippen molar-refractivity contribution in [2.45, 2.75) is 32.4 Å². The SMILES string of the molecule is CCC1CN(c2cc(C(C)NC)ccn2)CCN1C. The highest BCUT2D eigenvalue weighted by atomic mass is 15.3. The maximum absolute atomic E-state index is 4.55. The van der Waals surface area contributed by atoms with E-state index in [1.54, 1.807) is 0 Å². The maximum atomic E-state index is 4.55. The third-order valence-corrected chi connectivity index (χ3v) is 4.27. The number of hydrogen-bond donors (Lipinski definition) is 1. The van der Waals surface area contributed by atoms with Gasteiger partial charge in [0.25, 0.3) is 0 Å². The number of likely N-dealkylation sites (N-methyl/N-ethyl adjacent to an activating group) is 1. The quantitative estimate of drug-likeness (QED) is 0.898. The highest BCUT2D eigenvalue weighted by Crippen LogP contribution is 2.21. The summed E-state index contributed by atoms with van der Waals surface area (Å²) in [5.74, 6) is 1.12. The van der Waals surface area contributed by atoms with E-state index in [2.05, 4.69) is 53.1 Å². The zero-order valence-electron chi connectivity index (χ0n) is 12.6. The molecule has 4 heteroatoms. The Morgan fingerprint density at radius 2 is 2.26 bits per heavy atom. The molecule has 0 spiro atoms. The predicted octanol–water partition coefficient (Wildman–Crippen LogP) is 1.89. The fraction of sp³-hybridized carbons (Fsp3) is 0.667. The van der Waals surface area contributed by atoms with E-state index in [0.717, 1.165) is 25.5 Å². The normalized spacial score (nSPS) is 22.5. The number of aromatic nitrogens is 1. The van der Waals surface area contributed by atoms with Crippen LogP contribution in [-0.4, -0.2) is 49.7 Å². The van der Waals surface area contributed by atoms with E-state index in [4.69, 9.17) is 0 Å². The van der Waals surface area contributed by atoms with E-state index in [-0.39, 0.29) is 0 Å². The summed E-state index contributed by atoms with van der Waals surface area (Å²) in [5.41, 5.74) is 1.31. The minimum atomic E-state index is 0.371. The number of piperazine rings is 1. The molecular weight excluding hydrogens is 236 g/mol. The Labute approximate surface area is 116 Å². The number of nitrogens with one attached hydrogen (secondary N) is 1. The molecule has 0 saturated carbocycles. The van der Waals surface area contributed by atoms with E-state index < -0.39 is 0 Å². The van der Waals surface area contributed by atoms with Crippen molar-refractivity contribution >= 4 is 5.82 Å². The van der Waals surface area contributed by atoms with E-state index >= 15 is 0 Å². The van der Waals surface area contributed by atoms with Crippen LogP contribution in [0.15, 0.2) is 18.3 Å². The fourth-order valence-electron chi connectivity index (χ4n) is 2.64. The highest BCUT2D eigenvalue weighted by molar-refractivity contribution is 5.42. The predicted molar refractivity (Wildman–Crippen MR) is 80.6 cm³/mol. The molecule has 0 amide bonds. The maximum Gasteiger partial charge on any atom is 0.128 e. The molecule has 1 aliphatic rings. The molecule has 106 valence electrons. The van der Waals surface area contributed by atoms with Gasteiger partial charge in [0.15, 0.2) is 0 Å². The number of pyridine rings is 1. The van der Waals surface area contributed by atoms with E-state index in [1.165, 1.54) is 12.0 Å². The number of anilines is 1.